The maximum atomic E-state index is 12.9. The summed E-state index contributed by atoms with van der Waals surface area (Å²) in [7, 11) is 0. The zero-order chi connectivity index (χ0) is 19.7. The Morgan fingerprint density at radius 3 is 2.61 bits per heavy atom. The van der Waals surface area contributed by atoms with E-state index in [1.807, 2.05) is 24.3 Å². The number of nitrogens with zero attached hydrogens (tertiary/aromatic N) is 4. The number of aromatic nitrogens is 4. The maximum absolute atomic E-state index is 12.9. The molecule has 146 valence electrons. The molecule has 3 aromatic rings. The fourth-order valence-corrected chi connectivity index (χ4v) is 4.14. The highest BCUT2D eigenvalue weighted by atomic mass is 35.5. The first-order chi connectivity index (χ1) is 13.5. The van der Waals surface area contributed by atoms with Gasteiger partial charge in [-0.1, -0.05) is 43.0 Å². The van der Waals surface area contributed by atoms with Crippen molar-refractivity contribution >= 4 is 17.5 Å². The second-order valence-corrected chi connectivity index (χ2v) is 7.33. The van der Waals surface area contributed by atoms with Gasteiger partial charge in [0, 0.05) is 16.6 Å². The molecule has 1 aromatic carbocycles. The summed E-state index contributed by atoms with van der Waals surface area (Å²) in [6, 6.07) is 7.61. The van der Waals surface area contributed by atoms with Crippen LogP contribution in [0, 0.1) is 0 Å². The molecule has 0 radical (unpaired) electrons. The molecule has 1 saturated carbocycles. The molecule has 0 spiro atoms. The van der Waals surface area contributed by atoms with Crippen LogP contribution in [0.4, 0.5) is 14.7 Å². The first-order valence-electron chi connectivity index (χ1n) is 9.00. The topological polar surface area (TPSA) is 90.7 Å². The molecule has 0 aliphatic heterocycles. The zero-order valence-electron chi connectivity index (χ0n) is 14.9. The van der Waals surface area contributed by atoms with Gasteiger partial charge in [0.25, 0.3) is 11.8 Å². The van der Waals surface area contributed by atoms with E-state index in [4.69, 9.17) is 21.8 Å². The Morgan fingerprint density at radius 1 is 1.14 bits per heavy atom. The number of hydrogen-bond acceptors (Lipinski definition) is 6. The normalized spacial score (nSPS) is 16.4. The summed E-state index contributed by atoms with van der Waals surface area (Å²) < 4.78 is 31.1. The van der Waals surface area contributed by atoms with Crippen LogP contribution in [-0.4, -0.2) is 20.2 Å². The number of nitrogens with two attached hydrogens (primary N) is 1. The summed E-state index contributed by atoms with van der Waals surface area (Å²) in [6.45, 7) is 0. The molecular weight excluding hydrogens is 388 g/mol. The standard InChI is InChI=1S/C19H18ClF2N5O/c20-12-6-4-5-11(9-12)19(7-2-1-3-8-19)14-13(10-24-18(23)25-14)16-26-27-17(28-16)15(21)22/h4-6,9-10,15H,1-3,7-8H2,(H2,23,24,25). The van der Waals surface area contributed by atoms with Crippen molar-refractivity contribution in [3.8, 4) is 11.5 Å². The molecule has 0 amide bonds. The SMILES string of the molecule is Nc1ncc(-c2nnc(C(F)F)o2)c(C2(c3cccc(Cl)c3)CCCCC2)n1. The smallest absolute Gasteiger partial charge is 0.314 e. The van der Waals surface area contributed by atoms with Gasteiger partial charge >= 0.3 is 6.43 Å². The Labute approximate surface area is 165 Å². The molecule has 2 heterocycles. The monoisotopic (exact) mass is 405 g/mol. The van der Waals surface area contributed by atoms with Crippen LogP contribution in [0.15, 0.2) is 34.9 Å². The lowest BCUT2D eigenvalue weighted by Crippen LogP contribution is -2.32. The van der Waals surface area contributed by atoms with Gasteiger partial charge in [-0.3, -0.25) is 0 Å². The van der Waals surface area contributed by atoms with Gasteiger partial charge in [-0.2, -0.15) is 8.78 Å². The van der Waals surface area contributed by atoms with E-state index in [9.17, 15) is 8.78 Å². The van der Waals surface area contributed by atoms with E-state index in [1.165, 1.54) is 6.20 Å². The van der Waals surface area contributed by atoms with Crippen molar-refractivity contribution in [1.82, 2.24) is 20.2 Å². The summed E-state index contributed by atoms with van der Waals surface area (Å²) in [5.41, 5.74) is 7.42. The van der Waals surface area contributed by atoms with Gasteiger partial charge in [-0.15, -0.1) is 10.2 Å². The Hall–Kier alpha value is -2.61. The van der Waals surface area contributed by atoms with Gasteiger partial charge in [0.15, 0.2) is 0 Å². The minimum Gasteiger partial charge on any atom is -0.415 e. The molecule has 2 aromatic heterocycles. The molecule has 1 aliphatic carbocycles. The predicted molar refractivity (Wildman–Crippen MR) is 100 cm³/mol. The maximum Gasteiger partial charge on any atom is 0.314 e. The third-order valence-electron chi connectivity index (χ3n) is 5.20. The lowest BCUT2D eigenvalue weighted by molar-refractivity contribution is 0.116. The van der Waals surface area contributed by atoms with Crippen LogP contribution in [0.1, 0.15) is 55.7 Å². The summed E-state index contributed by atoms with van der Waals surface area (Å²) in [6.07, 6.45) is 3.31. The molecular formula is C19H18ClF2N5O. The van der Waals surface area contributed by atoms with E-state index < -0.39 is 17.7 Å². The average molecular weight is 406 g/mol. The molecule has 9 heteroatoms. The van der Waals surface area contributed by atoms with Crippen molar-refractivity contribution in [3.05, 3.63) is 52.6 Å². The fourth-order valence-electron chi connectivity index (χ4n) is 3.95. The van der Waals surface area contributed by atoms with Gasteiger partial charge in [0.1, 0.15) is 0 Å². The highest BCUT2D eigenvalue weighted by molar-refractivity contribution is 6.30. The van der Waals surface area contributed by atoms with Gasteiger partial charge in [0.05, 0.1) is 11.3 Å². The van der Waals surface area contributed by atoms with E-state index in [0.717, 1.165) is 37.7 Å². The predicted octanol–water partition coefficient (Wildman–Crippen LogP) is 4.95. The summed E-state index contributed by atoms with van der Waals surface area (Å²) in [5.74, 6) is -0.685. The molecule has 0 saturated heterocycles. The van der Waals surface area contributed by atoms with Crippen molar-refractivity contribution in [2.45, 2.75) is 43.9 Å². The third-order valence-corrected chi connectivity index (χ3v) is 5.44. The zero-order valence-corrected chi connectivity index (χ0v) is 15.7. The summed E-state index contributed by atoms with van der Waals surface area (Å²) in [5, 5.41) is 7.84. The van der Waals surface area contributed by atoms with Gasteiger partial charge < -0.3 is 10.2 Å². The van der Waals surface area contributed by atoms with E-state index >= 15 is 0 Å². The second-order valence-electron chi connectivity index (χ2n) is 6.89. The van der Waals surface area contributed by atoms with E-state index in [1.54, 1.807) is 0 Å². The van der Waals surface area contributed by atoms with Crippen LogP contribution in [-0.2, 0) is 5.41 Å². The molecule has 1 fully saturated rings. The van der Waals surface area contributed by atoms with Crippen LogP contribution in [0.2, 0.25) is 5.02 Å². The molecule has 1 aliphatic rings. The summed E-state index contributed by atoms with van der Waals surface area (Å²) in [4.78, 5) is 8.55. The highest BCUT2D eigenvalue weighted by Gasteiger charge is 2.40. The third kappa shape index (κ3) is 3.32. The number of hydrogen-bond donors (Lipinski definition) is 1. The van der Waals surface area contributed by atoms with Crippen molar-refractivity contribution in [2.24, 2.45) is 0 Å². The second kappa shape index (κ2) is 7.43. The quantitative estimate of drug-likeness (QED) is 0.660. The Balaban J connectivity index is 1.92. The van der Waals surface area contributed by atoms with Crippen molar-refractivity contribution in [1.29, 1.82) is 0 Å². The number of benzene rings is 1. The highest BCUT2D eigenvalue weighted by Crippen LogP contribution is 2.47. The summed E-state index contributed by atoms with van der Waals surface area (Å²) >= 11 is 6.26. The molecule has 28 heavy (non-hydrogen) atoms. The first-order valence-corrected chi connectivity index (χ1v) is 9.38. The fraction of sp³-hybridized carbons (Fsp3) is 0.368. The van der Waals surface area contributed by atoms with Crippen LogP contribution >= 0.6 is 11.6 Å². The number of nitrogen functional groups attached to an aromatic ring is 1. The number of anilines is 1. The van der Waals surface area contributed by atoms with Crippen LogP contribution in [0.25, 0.3) is 11.5 Å². The van der Waals surface area contributed by atoms with Crippen molar-refractivity contribution < 1.29 is 13.2 Å². The van der Waals surface area contributed by atoms with Gasteiger partial charge in [-0.25, -0.2) is 9.97 Å². The number of rotatable bonds is 4. The average Bonchev–Trinajstić information content (AvgIpc) is 3.19. The van der Waals surface area contributed by atoms with E-state index in [-0.39, 0.29) is 11.8 Å². The van der Waals surface area contributed by atoms with E-state index in [2.05, 4.69) is 20.2 Å². The van der Waals surface area contributed by atoms with Crippen molar-refractivity contribution in [3.63, 3.8) is 0 Å². The van der Waals surface area contributed by atoms with Gasteiger partial charge in [0.2, 0.25) is 5.95 Å². The molecule has 6 nitrogen and oxygen atoms in total. The molecule has 0 unspecified atom stereocenters. The lowest BCUT2D eigenvalue weighted by Gasteiger charge is -2.38. The minimum absolute atomic E-state index is 0.0442. The van der Waals surface area contributed by atoms with Crippen LogP contribution in [0.5, 0.6) is 0 Å². The van der Waals surface area contributed by atoms with Crippen LogP contribution < -0.4 is 5.73 Å². The van der Waals surface area contributed by atoms with Crippen LogP contribution in [0.3, 0.4) is 0 Å². The van der Waals surface area contributed by atoms with Gasteiger partial charge in [-0.05, 0) is 30.5 Å². The van der Waals surface area contributed by atoms with E-state index in [0.29, 0.717) is 16.3 Å². The number of alkyl halides is 2. The Morgan fingerprint density at radius 2 is 1.93 bits per heavy atom. The van der Waals surface area contributed by atoms with Crippen molar-refractivity contribution in [2.75, 3.05) is 5.73 Å². The molecule has 2 N–H and O–H groups in total. The number of halogens is 3. The molecule has 0 bridgehead atoms. The molecule has 4 rings (SSSR count). The minimum atomic E-state index is -2.85. The molecule has 0 atom stereocenters. The Kier molecular flexibility index (Phi) is 4.97. The lowest BCUT2D eigenvalue weighted by atomic mass is 9.66. The Bertz CT molecular complexity index is 988. The first kappa shape index (κ1) is 18.7. The largest absolute Gasteiger partial charge is 0.415 e.